The number of fused-ring (bicyclic) bond motifs is 1. The Morgan fingerprint density at radius 3 is 2.47 bits per heavy atom. The molecule has 1 saturated heterocycles. The number of sulfonamides is 1. The number of aliphatic carboxylic acids is 1. The number of piperazine rings is 1. The van der Waals surface area contributed by atoms with Gasteiger partial charge in [0.15, 0.2) is 0 Å². The first kappa shape index (κ1) is 26.8. The number of hydrogen-bond acceptors (Lipinski definition) is 6. The lowest BCUT2D eigenvalue weighted by Gasteiger charge is -2.34. The van der Waals surface area contributed by atoms with Crippen LogP contribution in [0.2, 0.25) is 10.0 Å². The molecule has 2 aliphatic rings. The van der Waals surface area contributed by atoms with Gasteiger partial charge in [0.05, 0.1) is 21.5 Å². The molecule has 0 aliphatic carbocycles. The van der Waals surface area contributed by atoms with Crippen molar-refractivity contribution >= 4 is 70.3 Å². The monoisotopic (exact) mass is 593 g/mol. The largest absolute Gasteiger partial charge is 0.480 e. The van der Waals surface area contributed by atoms with Crippen LogP contribution in [0.5, 0.6) is 0 Å². The second-order valence-corrected chi connectivity index (χ2v) is 12.7. The Labute approximate surface area is 232 Å². The fourth-order valence-corrected chi connectivity index (χ4v) is 7.95. The number of aromatic nitrogens is 1. The predicted molar refractivity (Wildman–Crippen MR) is 153 cm³/mol. The van der Waals surface area contributed by atoms with E-state index in [1.807, 2.05) is 16.8 Å². The molecule has 9 nitrogen and oxygen atoms in total. The Bertz CT molecular complexity index is 1560. The van der Waals surface area contributed by atoms with E-state index >= 15 is 0 Å². The number of carbonyl (C=O) groups is 1. The number of rotatable bonds is 7. The van der Waals surface area contributed by atoms with Crippen LogP contribution in [-0.4, -0.2) is 61.7 Å². The zero-order valence-corrected chi connectivity index (χ0v) is 23.7. The Hall–Kier alpha value is -2.75. The van der Waals surface area contributed by atoms with Crippen LogP contribution in [0, 0.1) is 0 Å². The van der Waals surface area contributed by atoms with Gasteiger partial charge in [-0.05, 0) is 61.0 Å². The predicted octanol–water partition coefficient (Wildman–Crippen LogP) is 4.36. The molecule has 38 heavy (non-hydrogen) atoms. The Kier molecular flexibility index (Phi) is 7.62. The van der Waals surface area contributed by atoms with E-state index in [0.717, 1.165) is 52.8 Å². The maximum Gasteiger partial charge on any atom is 0.324 e. The third kappa shape index (κ3) is 5.37. The van der Waals surface area contributed by atoms with E-state index < -0.39 is 22.5 Å². The standard InChI is InChI=1S/C25H26Cl2N5O4PS/c1-16-10-23(30-8-5-28-6-9-30)37-29-25(16)31-7-4-17-11-20(2-3-22(17)31)32(15-24(33)34)38(35,36)21-13-18(26)12-19(27)14-21/h2-4,7,10-14,28-29,37H,5-6,8-9,15H2,1H3,(H,33,34). The van der Waals surface area contributed by atoms with Gasteiger partial charge in [0.2, 0.25) is 0 Å². The fraction of sp³-hybridized carbons (Fsp3) is 0.240. The van der Waals surface area contributed by atoms with Gasteiger partial charge in [0, 0.05) is 56.5 Å². The summed E-state index contributed by atoms with van der Waals surface area (Å²) in [5.41, 5.74) is 3.45. The Morgan fingerprint density at radius 2 is 1.82 bits per heavy atom. The molecule has 1 fully saturated rings. The molecule has 0 spiro atoms. The van der Waals surface area contributed by atoms with Gasteiger partial charge in [0.1, 0.15) is 12.4 Å². The van der Waals surface area contributed by atoms with Crippen molar-refractivity contribution in [3.8, 4) is 0 Å². The average Bonchev–Trinajstić information content (AvgIpc) is 3.30. The number of carboxylic acid groups (broad SMARTS) is 1. The molecule has 0 saturated carbocycles. The molecule has 3 N–H and O–H groups in total. The van der Waals surface area contributed by atoms with Crippen molar-refractivity contribution in [3.05, 3.63) is 75.8 Å². The number of anilines is 1. The highest BCUT2D eigenvalue weighted by atomic mass is 35.5. The lowest BCUT2D eigenvalue weighted by atomic mass is 10.2. The highest BCUT2D eigenvalue weighted by Gasteiger charge is 2.28. The topological polar surface area (TPSA) is 107 Å². The van der Waals surface area contributed by atoms with Gasteiger partial charge >= 0.3 is 5.97 Å². The molecule has 3 aromatic rings. The van der Waals surface area contributed by atoms with Crippen LogP contribution in [0.15, 0.2) is 70.6 Å². The molecular formula is C25H26Cl2N5O4PS. The van der Waals surface area contributed by atoms with Gasteiger partial charge in [-0.15, -0.1) is 0 Å². The minimum Gasteiger partial charge on any atom is -0.480 e. The van der Waals surface area contributed by atoms with Crippen LogP contribution >= 0.6 is 31.9 Å². The van der Waals surface area contributed by atoms with Crippen LogP contribution in [0.4, 0.5) is 5.69 Å². The van der Waals surface area contributed by atoms with E-state index in [9.17, 15) is 18.3 Å². The summed E-state index contributed by atoms with van der Waals surface area (Å²) in [6, 6.07) is 10.9. The molecule has 2 aliphatic heterocycles. The van der Waals surface area contributed by atoms with Gasteiger partial charge in [-0.25, -0.2) is 8.42 Å². The maximum atomic E-state index is 13.5. The van der Waals surface area contributed by atoms with Crippen molar-refractivity contribution in [2.75, 3.05) is 37.0 Å². The third-order valence-electron chi connectivity index (χ3n) is 6.40. The highest BCUT2D eigenvalue weighted by Crippen LogP contribution is 2.36. The summed E-state index contributed by atoms with van der Waals surface area (Å²) >= 11 is 12.1. The summed E-state index contributed by atoms with van der Waals surface area (Å²) in [5, 5.41) is 17.5. The number of benzene rings is 2. The van der Waals surface area contributed by atoms with Crippen LogP contribution in [-0.2, 0) is 14.8 Å². The third-order valence-corrected chi connectivity index (χ3v) is 9.67. The molecule has 0 amide bonds. The van der Waals surface area contributed by atoms with Crippen molar-refractivity contribution < 1.29 is 18.3 Å². The Balaban J connectivity index is 1.51. The summed E-state index contributed by atoms with van der Waals surface area (Å²) in [5.74, 6) is -0.340. The first-order chi connectivity index (χ1) is 18.1. The number of hydrogen-bond donors (Lipinski definition) is 3. The van der Waals surface area contributed by atoms with E-state index in [1.54, 1.807) is 18.2 Å². The molecule has 2 aromatic carbocycles. The zero-order valence-electron chi connectivity index (χ0n) is 20.4. The Morgan fingerprint density at radius 1 is 1.11 bits per heavy atom. The summed E-state index contributed by atoms with van der Waals surface area (Å²) in [7, 11) is -3.84. The molecule has 1 atom stereocenters. The van der Waals surface area contributed by atoms with Crippen molar-refractivity contribution in [1.29, 1.82) is 0 Å². The normalized spacial score (nSPS) is 17.0. The lowest BCUT2D eigenvalue weighted by molar-refractivity contribution is -0.135. The van der Waals surface area contributed by atoms with Crippen molar-refractivity contribution in [1.82, 2.24) is 19.9 Å². The quantitative estimate of drug-likeness (QED) is 0.349. The van der Waals surface area contributed by atoms with Gasteiger partial charge in [-0.1, -0.05) is 23.2 Å². The summed E-state index contributed by atoms with van der Waals surface area (Å²) in [4.78, 5) is 13.9. The summed E-state index contributed by atoms with van der Waals surface area (Å²) in [6.45, 7) is 5.21. The van der Waals surface area contributed by atoms with E-state index in [1.165, 1.54) is 23.6 Å². The number of nitrogens with one attached hydrogen (secondary N) is 2. The first-order valence-electron chi connectivity index (χ1n) is 11.9. The fourth-order valence-electron chi connectivity index (χ4n) is 4.58. The molecule has 200 valence electrons. The molecule has 1 aromatic heterocycles. The minimum atomic E-state index is -4.26. The molecule has 0 radical (unpaired) electrons. The average molecular weight is 594 g/mol. The van der Waals surface area contributed by atoms with Crippen molar-refractivity contribution in [2.45, 2.75) is 11.8 Å². The van der Waals surface area contributed by atoms with Gasteiger partial charge in [-0.2, -0.15) is 0 Å². The van der Waals surface area contributed by atoms with Crippen molar-refractivity contribution in [2.24, 2.45) is 0 Å². The van der Waals surface area contributed by atoms with E-state index in [4.69, 9.17) is 23.2 Å². The second-order valence-electron chi connectivity index (χ2n) is 8.99. The smallest absolute Gasteiger partial charge is 0.324 e. The maximum absolute atomic E-state index is 13.5. The molecule has 13 heteroatoms. The summed E-state index contributed by atoms with van der Waals surface area (Å²) < 4.78 is 29.8. The highest BCUT2D eigenvalue weighted by molar-refractivity contribution is 7.92. The molecule has 0 bridgehead atoms. The minimum absolute atomic E-state index is 0.136. The van der Waals surface area contributed by atoms with Crippen LogP contribution in [0.25, 0.3) is 16.7 Å². The van der Waals surface area contributed by atoms with Crippen LogP contribution in [0.3, 0.4) is 0 Å². The zero-order chi connectivity index (χ0) is 27.0. The number of carboxylic acids is 1. The van der Waals surface area contributed by atoms with Gasteiger partial charge in [-0.3, -0.25) is 9.10 Å². The molecule has 1 unspecified atom stereocenters. The van der Waals surface area contributed by atoms with Crippen LogP contribution in [0.1, 0.15) is 6.92 Å². The number of nitrogens with zero attached hydrogens (tertiary/aromatic N) is 3. The van der Waals surface area contributed by atoms with Crippen LogP contribution < -0.4 is 14.7 Å². The molecule has 5 rings (SSSR count). The number of allylic oxidation sites excluding steroid dienone is 2. The molecular weight excluding hydrogens is 568 g/mol. The number of halogens is 2. The van der Waals surface area contributed by atoms with E-state index in [2.05, 4.69) is 28.3 Å². The second kappa shape index (κ2) is 10.8. The van der Waals surface area contributed by atoms with E-state index in [0.29, 0.717) is 8.73 Å². The van der Waals surface area contributed by atoms with Crippen molar-refractivity contribution in [3.63, 3.8) is 0 Å². The molecule has 3 heterocycles. The first-order valence-corrected chi connectivity index (χ1v) is 15.1. The summed E-state index contributed by atoms with van der Waals surface area (Å²) in [6.07, 6.45) is 4.13. The van der Waals surface area contributed by atoms with E-state index in [-0.39, 0.29) is 20.6 Å². The van der Waals surface area contributed by atoms with Gasteiger partial charge in [0.25, 0.3) is 10.0 Å². The SMILES string of the molecule is CC1=C(n2ccc3cc(N(CC(=O)O)S(=O)(=O)c4cc(Cl)cc(Cl)c4)ccc32)NPC(N2CCNCC2)=C1. The van der Waals surface area contributed by atoms with Gasteiger partial charge < -0.3 is 25.0 Å². The lowest BCUT2D eigenvalue weighted by Crippen LogP contribution is -2.42.